The van der Waals surface area contributed by atoms with Gasteiger partial charge in [-0.1, -0.05) is 170 Å². The summed E-state index contributed by atoms with van der Waals surface area (Å²) in [5, 5.41) is 8.97. The maximum atomic E-state index is 6.44. The average Bonchev–Trinajstić information content (AvgIpc) is 4.26. The van der Waals surface area contributed by atoms with Gasteiger partial charge in [-0.2, -0.15) is 0 Å². The number of hydrogen-bond acceptors (Lipinski definition) is 5. The van der Waals surface area contributed by atoms with Crippen LogP contribution in [0, 0.1) is 0 Å². The highest BCUT2D eigenvalue weighted by atomic mass is 16.3. The van der Waals surface area contributed by atoms with Gasteiger partial charge in [0, 0.05) is 76.6 Å². The fraction of sp³-hybridized carbons (Fsp3) is 0. The summed E-state index contributed by atoms with van der Waals surface area (Å²) in [7, 11) is 0. The number of furan rings is 2. The highest BCUT2D eigenvalue weighted by molar-refractivity contribution is 6.26. The molecule has 0 atom stereocenters. The van der Waals surface area contributed by atoms with Gasteiger partial charge in [-0.15, -0.1) is 0 Å². The topological polar surface area (TPSA) is 74.8 Å². The molecule has 0 fully saturated rings. The van der Waals surface area contributed by atoms with Crippen LogP contribution < -0.4 is 0 Å². The fourth-order valence-corrected chi connectivity index (χ4v) is 11.8. The Morgan fingerprint density at radius 2 is 0.711 bits per heavy atom. The third kappa shape index (κ3) is 6.46. The van der Waals surface area contributed by atoms with E-state index in [0.29, 0.717) is 17.5 Å². The van der Waals surface area contributed by atoms with Crippen molar-refractivity contribution >= 4 is 87.5 Å². The molecule has 0 bridgehead atoms. The molecule has 5 aromatic heterocycles. The predicted molar refractivity (Wildman–Crippen MR) is 310 cm³/mol. The Bertz CT molecular complexity index is 4800. The second-order valence-corrected chi connectivity index (χ2v) is 19.5. The summed E-state index contributed by atoms with van der Waals surface area (Å²) in [6, 6.07) is 87.7. The number of aromatic nitrogens is 5. The number of rotatable bonds is 7. The van der Waals surface area contributed by atoms with E-state index in [2.05, 4.69) is 209 Å². The molecule has 354 valence electrons. The minimum absolute atomic E-state index is 0.527. The molecule has 0 aliphatic carbocycles. The van der Waals surface area contributed by atoms with Crippen molar-refractivity contribution in [1.82, 2.24) is 24.1 Å². The molecule has 0 N–H and O–H groups in total. The molecule has 0 radical (unpaired) electrons. The number of nitrogens with zero attached hydrogens (tertiary/aromatic N) is 5. The summed E-state index contributed by atoms with van der Waals surface area (Å²) in [6.07, 6.45) is 0. The Kier molecular flexibility index (Phi) is 9.20. The van der Waals surface area contributed by atoms with E-state index in [9.17, 15) is 0 Å². The van der Waals surface area contributed by atoms with E-state index in [1.54, 1.807) is 0 Å². The smallest absolute Gasteiger partial charge is 0.164 e. The number of benzene rings is 11. The van der Waals surface area contributed by atoms with E-state index in [-0.39, 0.29) is 0 Å². The van der Waals surface area contributed by atoms with Crippen LogP contribution in [-0.4, -0.2) is 24.1 Å². The van der Waals surface area contributed by atoms with Crippen LogP contribution in [0.25, 0.3) is 155 Å². The molecule has 0 aliphatic rings. The number of para-hydroxylation sites is 5. The van der Waals surface area contributed by atoms with Gasteiger partial charge in [0.05, 0.1) is 27.8 Å². The molecule has 0 saturated heterocycles. The van der Waals surface area contributed by atoms with Gasteiger partial charge < -0.3 is 18.0 Å². The molecule has 0 unspecified atom stereocenters. The van der Waals surface area contributed by atoms with E-state index >= 15 is 0 Å². The van der Waals surface area contributed by atoms with Crippen molar-refractivity contribution in [2.75, 3.05) is 0 Å². The normalized spacial score (nSPS) is 11.9. The third-order valence-corrected chi connectivity index (χ3v) is 15.2. The zero-order chi connectivity index (χ0) is 49.8. The van der Waals surface area contributed by atoms with Crippen LogP contribution in [0.4, 0.5) is 0 Å². The van der Waals surface area contributed by atoms with Crippen LogP contribution >= 0.6 is 0 Å². The Balaban J connectivity index is 0.993. The zero-order valence-corrected chi connectivity index (χ0v) is 40.7. The number of fused-ring (bicyclic) bond motifs is 13. The van der Waals surface area contributed by atoms with Crippen molar-refractivity contribution in [2.24, 2.45) is 0 Å². The molecule has 16 aromatic rings. The van der Waals surface area contributed by atoms with Gasteiger partial charge in [-0.05, 0) is 90.0 Å². The molecule has 7 nitrogen and oxygen atoms in total. The minimum Gasteiger partial charge on any atom is -0.456 e. The summed E-state index contributed by atoms with van der Waals surface area (Å²) in [5.74, 6) is 1.59. The lowest BCUT2D eigenvalue weighted by Crippen LogP contribution is -2.04. The monoisotopic (exact) mass is 971 g/mol. The quantitative estimate of drug-likeness (QED) is 0.159. The van der Waals surface area contributed by atoms with Gasteiger partial charge in [0.1, 0.15) is 22.3 Å². The molecule has 7 heteroatoms. The largest absolute Gasteiger partial charge is 0.456 e. The SMILES string of the molecule is c1ccc(-c2cc(-c3nc(-c4ccc5c(c4)oc4ccccc45)nc(-c4ccc5c(c4)oc4ccccc45)n3)cc(-c3ccccc3)c2-n2c3ccccc3c3c2ccc2c4ccccc4n(-c4ccccc4)c23)cc1. The van der Waals surface area contributed by atoms with Crippen molar-refractivity contribution in [3.8, 4) is 67.8 Å². The Labute approximate surface area is 434 Å². The average molecular weight is 972 g/mol. The number of hydrogen-bond donors (Lipinski definition) is 0. The van der Waals surface area contributed by atoms with E-state index in [0.717, 1.165) is 105 Å². The fourth-order valence-electron chi connectivity index (χ4n) is 11.8. The molecule has 11 aromatic carbocycles. The summed E-state index contributed by atoms with van der Waals surface area (Å²) < 4.78 is 17.8. The summed E-state index contributed by atoms with van der Waals surface area (Å²) >= 11 is 0. The first-order chi connectivity index (χ1) is 37.7. The van der Waals surface area contributed by atoms with Gasteiger partial charge in [0.25, 0.3) is 0 Å². The van der Waals surface area contributed by atoms with Gasteiger partial charge in [-0.3, -0.25) is 0 Å². The van der Waals surface area contributed by atoms with Gasteiger partial charge in [0.2, 0.25) is 0 Å². The highest BCUT2D eigenvalue weighted by Gasteiger charge is 2.26. The first-order valence-electron chi connectivity index (χ1n) is 25.6. The molecule has 5 heterocycles. The Morgan fingerprint density at radius 1 is 0.276 bits per heavy atom. The van der Waals surface area contributed by atoms with Crippen molar-refractivity contribution in [2.45, 2.75) is 0 Å². The van der Waals surface area contributed by atoms with Crippen LogP contribution in [0.15, 0.2) is 258 Å². The lowest BCUT2D eigenvalue weighted by Gasteiger charge is -2.21. The minimum atomic E-state index is 0.527. The standard InChI is InChI=1S/C69H41N5O2/c1-4-18-42(19-5-1)55-38-46(69-71-67(44-32-34-51-49-25-12-16-30-60(49)75-62(51)40-44)70-68(72-69)45-33-35-52-50-26-13-17-31-61(50)76-63(52)41-45)39-56(43-20-6-2-7-21-43)65(55)74-58-29-15-11-27-54(58)64-59(74)37-36-53-48-24-10-14-28-57(48)73(66(53)64)47-22-8-3-9-23-47/h1-41H. The van der Waals surface area contributed by atoms with Crippen molar-refractivity contribution in [3.05, 3.63) is 249 Å². The molecular formula is C69H41N5O2. The van der Waals surface area contributed by atoms with Gasteiger partial charge in [0.15, 0.2) is 17.5 Å². The first kappa shape index (κ1) is 42.2. The lowest BCUT2D eigenvalue weighted by atomic mass is 9.92. The van der Waals surface area contributed by atoms with Crippen molar-refractivity contribution in [3.63, 3.8) is 0 Å². The lowest BCUT2D eigenvalue weighted by molar-refractivity contribution is 0.668. The molecular weight excluding hydrogens is 931 g/mol. The molecule has 0 aliphatic heterocycles. The first-order valence-corrected chi connectivity index (χ1v) is 25.6. The Morgan fingerprint density at radius 3 is 1.28 bits per heavy atom. The molecule has 16 rings (SSSR count). The van der Waals surface area contributed by atoms with Crippen LogP contribution in [0.2, 0.25) is 0 Å². The Hall–Kier alpha value is -10.4. The van der Waals surface area contributed by atoms with Crippen LogP contribution in [0.5, 0.6) is 0 Å². The van der Waals surface area contributed by atoms with E-state index < -0.39 is 0 Å². The van der Waals surface area contributed by atoms with E-state index in [1.165, 1.54) is 32.6 Å². The van der Waals surface area contributed by atoms with Crippen LogP contribution in [-0.2, 0) is 0 Å². The van der Waals surface area contributed by atoms with Gasteiger partial charge >= 0.3 is 0 Å². The van der Waals surface area contributed by atoms with Crippen molar-refractivity contribution < 1.29 is 8.83 Å². The summed E-state index contributed by atoms with van der Waals surface area (Å²) in [4.78, 5) is 16.1. The van der Waals surface area contributed by atoms with Gasteiger partial charge in [-0.25, -0.2) is 15.0 Å². The molecule has 0 amide bonds. The van der Waals surface area contributed by atoms with E-state index in [1.807, 2.05) is 48.5 Å². The van der Waals surface area contributed by atoms with Crippen LogP contribution in [0.3, 0.4) is 0 Å². The van der Waals surface area contributed by atoms with E-state index in [4.69, 9.17) is 23.8 Å². The zero-order valence-electron chi connectivity index (χ0n) is 40.7. The summed E-state index contributed by atoms with van der Waals surface area (Å²) in [6.45, 7) is 0. The maximum absolute atomic E-state index is 6.44. The molecule has 0 saturated carbocycles. The summed E-state index contributed by atoms with van der Waals surface area (Å²) in [5.41, 5.74) is 16.5. The predicted octanol–water partition coefficient (Wildman–Crippen LogP) is 18.2. The molecule has 76 heavy (non-hydrogen) atoms. The van der Waals surface area contributed by atoms with Crippen LogP contribution in [0.1, 0.15) is 0 Å². The van der Waals surface area contributed by atoms with Crippen molar-refractivity contribution in [1.29, 1.82) is 0 Å². The third-order valence-electron chi connectivity index (χ3n) is 15.2. The maximum Gasteiger partial charge on any atom is 0.164 e. The second kappa shape index (κ2) is 16.6. The highest BCUT2D eigenvalue weighted by Crippen LogP contribution is 2.47. The molecule has 0 spiro atoms. The second-order valence-electron chi connectivity index (χ2n) is 19.5.